The van der Waals surface area contributed by atoms with Crippen molar-refractivity contribution in [3.8, 4) is 0 Å². The molecule has 1 saturated carbocycles. The highest BCUT2D eigenvalue weighted by Gasteiger charge is 2.40. The van der Waals surface area contributed by atoms with Gasteiger partial charge in [0, 0.05) is 31.1 Å². The normalized spacial score (nSPS) is 29.8. The molecule has 0 spiro atoms. The molecule has 1 aromatic rings. The first-order valence-corrected chi connectivity index (χ1v) is 6.18. The molecular weight excluding hydrogens is 202 g/mol. The van der Waals surface area contributed by atoms with Gasteiger partial charge in [-0.25, -0.2) is 4.98 Å². The van der Waals surface area contributed by atoms with Crippen LogP contribution in [0, 0.1) is 12.8 Å². The second-order valence-electron chi connectivity index (χ2n) is 4.94. The molecular formula is C12H19N3O. The number of nitrogens with zero attached hydrogens (tertiary/aromatic N) is 1. The van der Waals surface area contributed by atoms with E-state index in [1.54, 1.807) is 0 Å². The standard InChI is InChI=1S/C12H19N3O/c1-8-13-6-10(15-8)7-14-11-4-5-16-12(11)9-2-3-9/h6,9,11-12,14H,2-5,7H2,1H3,(H,13,15). The van der Waals surface area contributed by atoms with Gasteiger partial charge >= 0.3 is 0 Å². The van der Waals surface area contributed by atoms with Gasteiger partial charge in [-0.2, -0.15) is 0 Å². The topological polar surface area (TPSA) is 49.9 Å². The Morgan fingerprint density at radius 2 is 2.38 bits per heavy atom. The lowest BCUT2D eigenvalue weighted by atomic mass is 10.1. The fourth-order valence-corrected chi connectivity index (χ4v) is 2.52. The summed E-state index contributed by atoms with van der Waals surface area (Å²) in [5.74, 6) is 1.81. The SMILES string of the molecule is Cc1ncc(CNC2CCOC2C2CC2)[nH]1. The Labute approximate surface area is 95.8 Å². The summed E-state index contributed by atoms with van der Waals surface area (Å²) in [7, 11) is 0. The molecule has 2 unspecified atom stereocenters. The number of H-pyrrole nitrogens is 1. The van der Waals surface area contributed by atoms with Gasteiger partial charge in [0.1, 0.15) is 5.82 Å². The molecule has 2 atom stereocenters. The lowest BCUT2D eigenvalue weighted by Gasteiger charge is -2.18. The molecule has 1 aromatic heterocycles. The van der Waals surface area contributed by atoms with Crippen molar-refractivity contribution < 1.29 is 4.74 Å². The average Bonchev–Trinajstić information content (AvgIpc) is 2.86. The summed E-state index contributed by atoms with van der Waals surface area (Å²) < 4.78 is 5.79. The quantitative estimate of drug-likeness (QED) is 0.807. The summed E-state index contributed by atoms with van der Waals surface area (Å²) in [6.07, 6.45) is 6.22. The number of aromatic nitrogens is 2. The highest BCUT2D eigenvalue weighted by atomic mass is 16.5. The minimum atomic E-state index is 0.462. The molecule has 2 aliphatic rings. The van der Waals surface area contributed by atoms with Crippen molar-refractivity contribution in [2.24, 2.45) is 5.92 Å². The maximum absolute atomic E-state index is 5.79. The van der Waals surface area contributed by atoms with Crippen LogP contribution in [0.3, 0.4) is 0 Å². The maximum Gasteiger partial charge on any atom is 0.103 e. The molecule has 1 aliphatic heterocycles. The second-order valence-corrected chi connectivity index (χ2v) is 4.94. The molecule has 2 heterocycles. The average molecular weight is 221 g/mol. The molecule has 3 rings (SSSR count). The predicted octanol–water partition coefficient (Wildman–Crippen LogP) is 1.38. The number of rotatable bonds is 4. The molecule has 2 fully saturated rings. The van der Waals surface area contributed by atoms with Gasteiger partial charge in [-0.05, 0) is 32.1 Å². The summed E-state index contributed by atoms with van der Waals surface area (Å²) in [4.78, 5) is 7.45. The van der Waals surface area contributed by atoms with Gasteiger partial charge in [0.2, 0.25) is 0 Å². The third-order valence-corrected chi connectivity index (χ3v) is 3.53. The van der Waals surface area contributed by atoms with Crippen molar-refractivity contribution in [3.05, 3.63) is 17.7 Å². The first-order valence-electron chi connectivity index (χ1n) is 6.18. The number of nitrogens with one attached hydrogen (secondary N) is 2. The van der Waals surface area contributed by atoms with Gasteiger partial charge in [-0.15, -0.1) is 0 Å². The Hall–Kier alpha value is -0.870. The van der Waals surface area contributed by atoms with E-state index in [1.807, 2.05) is 13.1 Å². The number of aromatic amines is 1. The van der Waals surface area contributed by atoms with E-state index in [9.17, 15) is 0 Å². The number of ether oxygens (including phenoxy) is 1. The molecule has 1 saturated heterocycles. The van der Waals surface area contributed by atoms with Crippen molar-refractivity contribution in [3.63, 3.8) is 0 Å². The molecule has 4 heteroatoms. The number of aryl methyl sites for hydroxylation is 1. The van der Waals surface area contributed by atoms with Crippen molar-refractivity contribution >= 4 is 0 Å². The van der Waals surface area contributed by atoms with Gasteiger partial charge in [0.15, 0.2) is 0 Å². The van der Waals surface area contributed by atoms with Crippen molar-refractivity contribution in [2.75, 3.05) is 6.61 Å². The van der Waals surface area contributed by atoms with Crippen LogP contribution in [-0.2, 0) is 11.3 Å². The minimum absolute atomic E-state index is 0.462. The lowest BCUT2D eigenvalue weighted by Crippen LogP contribution is -2.37. The molecule has 4 nitrogen and oxygen atoms in total. The Bertz CT molecular complexity index is 359. The first kappa shape index (κ1) is 10.3. The third-order valence-electron chi connectivity index (χ3n) is 3.53. The van der Waals surface area contributed by atoms with Crippen LogP contribution in [0.4, 0.5) is 0 Å². The van der Waals surface area contributed by atoms with E-state index < -0.39 is 0 Å². The smallest absolute Gasteiger partial charge is 0.103 e. The highest BCUT2D eigenvalue weighted by Crippen LogP contribution is 2.38. The summed E-state index contributed by atoms with van der Waals surface area (Å²) in [5.41, 5.74) is 1.17. The zero-order valence-corrected chi connectivity index (χ0v) is 9.70. The predicted molar refractivity (Wildman–Crippen MR) is 61.0 cm³/mol. The minimum Gasteiger partial charge on any atom is -0.376 e. The van der Waals surface area contributed by atoms with Crippen LogP contribution in [0.5, 0.6) is 0 Å². The summed E-state index contributed by atoms with van der Waals surface area (Å²) in [6, 6.07) is 0.538. The molecule has 0 amide bonds. The Morgan fingerprint density at radius 1 is 1.50 bits per heavy atom. The number of hydrogen-bond donors (Lipinski definition) is 2. The summed E-state index contributed by atoms with van der Waals surface area (Å²) in [5, 5.41) is 3.59. The lowest BCUT2D eigenvalue weighted by molar-refractivity contribution is 0.0808. The van der Waals surface area contributed by atoms with Gasteiger partial charge in [-0.3, -0.25) is 0 Å². The fourth-order valence-electron chi connectivity index (χ4n) is 2.52. The molecule has 0 radical (unpaired) electrons. The van der Waals surface area contributed by atoms with E-state index in [0.29, 0.717) is 12.1 Å². The number of imidazole rings is 1. The maximum atomic E-state index is 5.79. The van der Waals surface area contributed by atoms with Crippen LogP contribution in [0.1, 0.15) is 30.8 Å². The zero-order valence-electron chi connectivity index (χ0n) is 9.70. The van der Waals surface area contributed by atoms with E-state index in [1.165, 1.54) is 18.5 Å². The van der Waals surface area contributed by atoms with E-state index >= 15 is 0 Å². The van der Waals surface area contributed by atoms with Gasteiger partial charge in [-0.1, -0.05) is 0 Å². The van der Waals surface area contributed by atoms with Gasteiger partial charge < -0.3 is 15.0 Å². The van der Waals surface area contributed by atoms with E-state index in [0.717, 1.165) is 31.3 Å². The third kappa shape index (κ3) is 2.13. The molecule has 88 valence electrons. The van der Waals surface area contributed by atoms with Crippen LogP contribution < -0.4 is 5.32 Å². The molecule has 1 aliphatic carbocycles. The summed E-state index contributed by atoms with van der Waals surface area (Å²) in [6.45, 7) is 3.77. The van der Waals surface area contributed by atoms with Crippen LogP contribution in [0.15, 0.2) is 6.20 Å². The molecule has 2 N–H and O–H groups in total. The van der Waals surface area contributed by atoms with Gasteiger partial charge in [0.25, 0.3) is 0 Å². The van der Waals surface area contributed by atoms with E-state index in [2.05, 4.69) is 15.3 Å². The van der Waals surface area contributed by atoms with Crippen LogP contribution >= 0.6 is 0 Å². The highest BCUT2D eigenvalue weighted by molar-refractivity contribution is 5.01. The van der Waals surface area contributed by atoms with E-state index in [-0.39, 0.29) is 0 Å². The fraction of sp³-hybridized carbons (Fsp3) is 0.750. The van der Waals surface area contributed by atoms with Gasteiger partial charge in [0.05, 0.1) is 6.10 Å². The van der Waals surface area contributed by atoms with Crippen LogP contribution in [-0.4, -0.2) is 28.7 Å². The monoisotopic (exact) mass is 221 g/mol. The van der Waals surface area contributed by atoms with Crippen LogP contribution in [0.25, 0.3) is 0 Å². The van der Waals surface area contributed by atoms with E-state index in [4.69, 9.17) is 4.74 Å². The van der Waals surface area contributed by atoms with Crippen molar-refractivity contribution in [2.45, 2.75) is 44.9 Å². The molecule has 16 heavy (non-hydrogen) atoms. The molecule has 0 bridgehead atoms. The Balaban J connectivity index is 1.54. The largest absolute Gasteiger partial charge is 0.376 e. The van der Waals surface area contributed by atoms with Crippen molar-refractivity contribution in [1.29, 1.82) is 0 Å². The second kappa shape index (κ2) is 4.18. The van der Waals surface area contributed by atoms with Crippen molar-refractivity contribution in [1.82, 2.24) is 15.3 Å². The Morgan fingerprint density at radius 3 is 3.06 bits per heavy atom. The van der Waals surface area contributed by atoms with Crippen LogP contribution in [0.2, 0.25) is 0 Å². The zero-order chi connectivity index (χ0) is 11.0. The number of hydrogen-bond acceptors (Lipinski definition) is 3. The summed E-state index contributed by atoms with van der Waals surface area (Å²) >= 11 is 0. The Kier molecular flexibility index (Phi) is 2.69. The molecule has 0 aromatic carbocycles. The first-order chi connectivity index (χ1) is 7.83.